The van der Waals surface area contributed by atoms with Crippen molar-refractivity contribution in [2.45, 2.75) is 13.2 Å². The third-order valence-electron chi connectivity index (χ3n) is 1.47. The SMILES string of the molecule is CC(=O)N(C)C(CO)OCCCl. The molecule has 0 spiro atoms. The first-order chi connectivity index (χ1) is 5.63. The molecule has 0 saturated carbocycles. The predicted octanol–water partition coefficient (Wildman–Crippen LogP) is 0.0385. The van der Waals surface area contributed by atoms with E-state index in [2.05, 4.69) is 0 Å². The summed E-state index contributed by atoms with van der Waals surface area (Å²) in [5, 5.41) is 8.81. The minimum atomic E-state index is -0.582. The Morgan fingerprint density at radius 1 is 1.75 bits per heavy atom. The third-order valence-corrected chi connectivity index (χ3v) is 1.63. The first-order valence-electron chi connectivity index (χ1n) is 3.65. The van der Waals surface area contributed by atoms with E-state index in [0.29, 0.717) is 12.5 Å². The largest absolute Gasteiger partial charge is 0.392 e. The minimum absolute atomic E-state index is 0.149. The van der Waals surface area contributed by atoms with Gasteiger partial charge in [0.15, 0.2) is 6.23 Å². The van der Waals surface area contributed by atoms with E-state index < -0.39 is 6.23 Å². The van der Waals surface area contributed by atoms with Crippen LogP contribution in [0, 0.1) is 0 Å². The van der Waals surface area contributed by atoms with Crippen molar-refractivity contribution in [3.63, 3.8) is 0 Å². The van der Waals surface area contributed by atoms with Crippen LogP contribution in [0.15, 0.2) is 0 Å². The Kier molecular flexibility index (Phi) is 6.06. The van der Waals surface area contributed by atoms with Crippen molar-refractivity contribution in [3.05, 3.63) is 0 Å². The summed E-state index contributed by atoms with van der Waals surface area (Å²) in [4.78, 5) is 12.1. The van der Waals surface area contributed by atoms with Gasteiger partial charge >= 0.3 is 0 Å². The van der Waals surface area contributed by atoms with E-state index in [0.717, 1.165) is 0 Å². The number of rotatable bonds is 5. The number of aliphatic hydroxyl groups excluding tert-OH is 1. The van der Waals surface area contributed by atoms with E-state index in [4.69, 9.17) is 21.4 Å². The molecule has 0 aliphatic rings. The van der Waals surface area contributed by atoms with Crippen LogP contribution >= 0.6 is 11.6 Å². The number of carbonyl (C=O) groups is 1. The number of amides is 1. The Morgan fingerprint density at radius 2 is 2.33 bits per heavy atom. The normalized spacial score (nSPS) is 12.7. The lowest BCUT2D eigenvalue weighted by molar-refractivity contribution is -0.144. The van der Waals surface area contributed by atoms with Gasteiger partial charge in [0.2, 0.25) is 5.91 Å². The number of halogens is 1. The summed E-state index contributed by atoms with van der Waals surface area (Å²) in [5.74, 6) is 0.200. The highest BCUT2D eigenvalue weighted by atomic mass is 35.5. The highest BCUT2D eigenvalue weighted by molar-refractivity contribution is 6.17. The molecule has 0 fully saturated rings. The monoisotopic (exact) mass is 195 g/mol. The molecule has 0 bridgehead atoms. The van der Waals surface area contributed by atoms with Crippen LogP contribution in [0.5, 0.6) is 0 Å². The molecule has 0 rings (SSSR count). The molecule has 0 aliphatic carbocycles. The molecule has 0 aromatic rings. The van der Waals surface area contributed by atoms with Crippen LogP contribution in [0.2, 0.25) is 0 Å². The van der Waals surface area contributed by atoms with Crippen molar-refractivity contribution >= 4 is 17.5 Å². The fraction of sp³-hybridized carbons (Fsp3) is 0.857. The van der Waals surface area contributed by atoms with E-state index in [-0.39, 0.29) is 12.5 Å². The molecular weight excluding hydrogens is 182 g/mol. The van der Waals surface area contributed by atoms with Crippen LogP contribution < -0.4 is 0 Å². The average Bonchev–Trinajstić information content (AvgIpc) is 2.05. The predicted molar refractivity (Wildman–Crippen MR) is 46.0 cm³/mol. The van der Waals surface area contributed by atoms with E-state index in [1.54, 1.807) is 7.05 Å². The lowest BCUT2D eigenvalue weighted by Crippen LogP contribution is -2.40. The summed E-state index contributed by atoms with van der Waals surface area (Å²) in [6, 6.07) is 0. The van der Waals surface area contributed by atoms with Gasteiger partial charge in [0.05, 0.1) is 13.2 Å². The quantitative estimate of drug-likeness (QED) is 0.498. The maximum Gasteiger partial charge on any atom is 0.221 e. The number of hydrogen-bond acceptors (Lipinski definition) is 3. The fourth-order valence-corrected chi connectivity index (χ4v) is 0.759. The van der Waals surface area contributed by atoms with Gasteiger partial charge in [0.1, 0.15) is 0 Å². The molecule has 0 heterocycles. The molecule has 1 amide bonds. The van der Waals surface area contributed by atoms with E-state index in [9.17, 15) is 4.79 Å². The zero-order chi connectivity index (χ0) is 9.56. The van der Waals surface area contributed by atoms with Crippen molar-refractivity contribution in [1.82, 2.24) is 4.90 Å². The van der Waals surface area contributed by atoms with E-state index >= 15 is 0 Å². The van der Waals surface area contributed by atoms with Gasteiger partial charge in [-0.05, 0) is 0 Å². The van der Waals surface area contributed by atoms with Crippen LogP contribution in [0.4, 0.5) is 0 Å². The van der Waals surface area contributed by atoms with E-state index in [1.165, 1.54) is 11.8 Å². The highest BCUT2D eigenvalue weighted by Gasteiger charge is 2.15. The van der Waals surface area contributed by atoms with Gasteiger partial charge in [0, 0.05) is 19.9 Å². The van der Waals surface area contributed by atoms with Gasteiger partial charge in [-0.25, -0.2) is 0 Å². The van der Waals surface area contributed by atoms with Crippen molar-refractivity contribution in [2.24, 2.45) is 0 Å². The van der Waals surface area contributed by atoms with Gasteiger partial charge < -0.3 is 14.7 Å². The fourth-order valence-electron chi connectivity index (χ4n) is 0.670. The molecule has 0 aliphatic heterocycles. The maximum atomic E-state index is 10.8. The Bertz CT molecular complexity index is 143. The molecule has 0 aromatic heterocycles. The summed E-state index contributed by atoms with van der Waals surface area (Å²) in [6.07, 6.45) is -0.582. The number of aliphatic hydroxyl groups is 1. The van der Waals surface area contributed by atoms with Crippen LogP contribution in [-0.2, 0) is 9.53 Å². The molecule has 0 saturated heterocycles. The van der Waals surface area contributed by atoms with Gasteiger partial charge in [-0.3, -0.25) is 4.79 Å². The van der Waals surface area contributed by atoms with Crippen LogP contribution in [0.1, 0.15) is 6.92 Å². The topological polar surface area (TPSA) is 49.8 Å². The van der Waals surface area contributed by atoms with Crippen LogP contribution in [0.25, 0.3) is 0 Å². The summed E-state index contributed by atoms with van der Waals surface area (Å²) in [6.45, 7) is 1.52. The number of likely N-dealkylation sites (N-methyl/N-ethyl adjacent to an activating group) is 1. The molecule has 4 nitrogen and oxygen atoms in total. The number of ether oxygens (including phenoxy) is 1. The lowest BCUT2D eigenvalue weighted by Gasteiger charge is -2.24. The number of alkyl halides is 1. The first-order valence-corrected chi connectivity index (χ1v) is 4.18. The Hall–Kier alpha value is -0.320. The summed E-state index contributed by atoms with van der Waals surface area (Å²) >= 11 is 5.38. The van der Waals surface area contributed by atoms with E-state index in [1.807, 2.05) is 0 Å². The third kappa shape index (κ3) is 3.90. The number of nitrogens with zero attached hydrogens (tertiary/aromatic N) is 1. The van der Waals surface area contributed by atoms with Crippen molar-refractivity contribution in [1.29, 1.82) is 0 Å². The van der Waals surface area contributed by atoms with Gasteiger partial charge in [-0.1, -0.05) is 0 Å². The summed E-state index contributed by atoms with van der Waals surface area (Å²) in [5.41, 5.74) is 0. The molecule has 5 heteroatoms. The smallest absolute Gasteiger partial charge is 0.221 e. The first kappa shape index (κ1) is 11.7. The minimum Gasteiger partial charge on any atom is -0.392 e. The zero-order valence-corrected chi connectivity index (χ0v) is 8.04. The molecule has 72 valence electrons. The number of carbonyl (C=O) groups excluding carboxylic acids is 1. The summed E-state index contributed by atoms with van der Waals surface area (Å²) in [7, 11) is 1.57. The van der Waals surface area contributed by atoms with Crippen molar-refractivity contribution in [2.75, 3.05) is 26.1 Å². The van der Waals surface area contributed by atoms with Gasteiger partial charge in [-0.2, -0.15) is 0 Å². The molecule has 12 heavy (non-hydrogen) atoms. The van der Waals surface area contributed by atoms with Gasteiger partial charge in [-0.15, -0.1) is 11.6 Å². The number of hydrogen-bond donors (Lipinski definition) is 1. The Labute approximate surface area is 77.1 Å². The zero-order valence-electron chi connectivity index (χ0n) is 7.29. The second kappa shape index (κ2) is 6.22. The second-order valence-corrected chi connectivity index (χ2v) is 2.70. The summed E-state index contributed by atoms with van der Waals surface area (Å²) < 4.78 is 5.09. The molecule has 1 unspecified atom stereocenters. The molecule has 0 radical (unpaired) electrons. The highest BCUT2D eigenvalue weighted by Crippen LogP contribution is 1.98. The molecule has 1 N–H and O–H groups in total. The molecule has 1 atom stereocenters. The Balaban J connectivity index is 3.87. The average molecular weight is 196 g/mol. The van der Waals surface area contributed by atoms with Gasteiger partial charge in [0.25, 0.3) is 0 Å². The molecule has 0 aromatic carbocycles. The van der Waals surface area contributed by atoms with Crippen molar-refractivity contribution < 1.29 is 14.6 Å². The molecular formula is C7H14ClNO3. The van der Waals surface area contributed by atoms with Crippen LogP contribution in [-0.4, -0.2) is 48.3 Å². The Morgan fingerprint density at radius 3 is 2.67 bits per heavy atom. The van der Waals surface area contributed by atoms with Crippen LogP contribution in [0.3, 0.4) is 0 Å². The van der Waals surface area contributed by atoms with Crippen molar-refractivity contribution in [3.8, 4) is 0 Å². The standard InChI is InChI=1S/C7H14ClNO3/c1-6(11)9(2)7(5-10)12-4-3-8/h7,10H,3-5H2,1-2H3. The maximum absolute atomic E-state index is 10.8. The second-order valence-electron chi connectivity index (χ2n) is 2.33. The lowest BCUT2D eigenvalue weighted by atomic mass is 10.5.